The summed E-state index contributed by atoms with van der Waals surface area (Å²) in [5.41, 5.74) is 1.08. The van der Waals surface area contributed by atoms with Crippen molar-refractivity contribution in [3.63, 3.8) is 0 Å². The highest BCUT2D eigenvalue weighted by Gasteiger charge is 2.18. The summed E-state index contributed by atoms with van der Waals surface area (Å²) < 4.78 is 16.6. The van der Waals surface area contributed by atoms with Crippen LogP contribution in [-0.2, 0) is 11.3 Å². The van der Waals surface area contributed by atoms with Crippen molar-refractivity contribution in [1.29, 1.82) is 5.26 Å². The molecule has 3 rings (SSSR count). The fourth-order valence-corrected chi connectivity index (χ4v) is 3.39. The van der Waals surface area contributed by atoms with Crippen LogP contribution < -0.4 is 9.47 Å². The topological polar surface area (TPSA) is 58.0 Å². The molecule has 6 nitrogen and oxygen atoms in total. The highest BCUT2D eigenvalue weighted by Crippen LogP contribution is 2.38. The smallest absolute Gasteiger partial charge is 0.179 e. The normalized spacial score (nSPS) is 17.5. The number of halogens is 1. The van der Waals surface area contributed by atoms with Gasteiger partial charge in [-0.15, -0.1) is 0 Å². The third-order valence-corrected chi connectivity index (χ3v) is 4.72. The van der Waals surface area contributed by atoms with E-state index in [4.69, 9.17) is 31.1 Å². The number of nitriles is 1. The average Bonchev–Trinajstić information content (AvgIpc) is 2.65. The SMILES string of the molecule is N#CCCN(CCN1CCOCC1)Cc1cc(Cl)c2c(c1)OCCO2. The van der Waals surface area contributed by atoms with Gasteiger partial charge in [-0.25, -0.2) is 0 Å². The first-order valence-corrected chi connectivity index (χ1v) is 9.11. The Bertz CT molecular complexity index is 614. The molecule has 0 aromatic heterocycles. The second-order valence-electron chi connectivity index (χ2n) is 6.24. The lowest BCUT2D eigenvalue weighted by molar-refractivity contribution is 0.0330. The van der Waals surface area contributed by atoms with Crippen LogP contribution in [0.25, 0.3) is 0 Å². The lowest BCUT2D eigenvalue weighted by Crippen LogP contribution is -2.41. The van der Waals surface area contributed by atoms with Gasteiger partial charge in [-0.3, -0.25) is 9.80 Å². The number of ether oxygens (including phenoxy) is 3. The summed E-state index contributed by atoms with van der Waals surface area (Å²) in [6.45, 7) is 7.99. The molecule has 2 aliphatic heterocycles. The average molecular weight is 366 g/mol. The molecule has 1 aromatic carbocycles. The number of fused-ring (bicyclic) bond motifs is 1. The van der Waals surface area contributed by atoms with Gasteiger partial charge < -0.3 is 14.2 Å². The molecule has 0 N–H and O–H groups in total. The largest absolute Gasteiger partial charge is 0.486 e. The second-order valence-corrected chi connectivity index (χ2v) is 6.65. The molecule has 25 heavy (non-hydrogen) atoms. The predicted molar refractivity (Wildman–Crippen MR) is 95.2 cm³/mol. The van der Waals surface area contributed by atoms with Gasteiger partial charge in [0.1, 0.15) is 13.2 Å². The van der Waals surface area contributed by atoms with Crippen LogP contribution in [0, 0.1) is 11.3 Å². The Morgan fingerprint density at radius 3 is 2.72 bits per heavy atom. The van der Waals surface area contributed by atoms with Crippen molar-refractivity contribution < 1.29 is 14.2 Å². The molecule has 1 fully saturated rings. The molecule has 2 heterocycles. The van der Waals surface area contributed by atoms with Gasteiger partial charge in [0.15, 0.2) is 11.5 Å². The minimum atomic E-state index is 0.515. The van der Waals surface area contributed by atoms with Crippen LogP contribution in [0.3, 0.4) is 0 Å². The predicted octanol–water partition coefficient (Wildman–Crippen LogP) is 2.16. The highest BCUT2D eigenvalue weighted by atomic mass is 35.5. The van der Waals surface area contributed by atoms with Crippen molar-refractivity contribution in [2.24, 2.45) is 0 Å². The number of benzene rings is 1. The Morgan fingerprint density at radius 2 is 1.92 bits per heavy atom. The zero-order chi connectivity index (χ0) is 17.5. The van der Waals surface area contributed by atoms with E-state index < -0.39 is 0 Å². The lowest BCUT2D eigenvalue weighted by atomic mass is 10.1. The maximum absolute atomic E-state index is 8.94. The fourth-order valence-electron chi connectivity index (χ4n) is 3.10. The fraction of sp³-hybridized carbons (Fsp3) is 0.611. The van der Waals surface area contributed by atoms with Gasteiger partial charge in [0.05, 0.1) is 24.3 Å². The Balaban J connectivity index is 1.62. The van der Waals surface area contributed by atoms with Gasteiger partial charge in [0, 0.05) is 45.7 Å². The summed E-state index contributed by atoms with van der Waals surface area (Å²) >= 11 is 6.34. The quantitative estimate of drug-likeness (QED) is 0.738. The molecule has 0 radical (unpaired) electrons. The number of morpholine rings is 1. The monoisotopic (exact) mass is 365 g/mol. The first-order chi connectivity index (χ1) is 12.3. The molecule has 0 aliphatic carbocycles. The third kappa shape index (κ3) is 5.23. The van der Waals surface area contributed by atoms with Crippen LogP contribution in [0.1, 0.15) is 12.0 Å². The first kappa shape index (κ1) is 18.3. The zero-order valence-corrected chi connectivity index (χ0v) is 15.1. The standard InChI is InChI=1S/C18H24ClN3O3/c19-16-12-15(13-17-18(16)25-11-10-24-17)14-22(3-1-2-20)5-4-21-6-8-23-9-7-21/h12-13H,1,3-11,14H2. The Kier molecular flexibility index (Phi) is 6.76. The van der Waals surface area contributed by atoms with Crippen LogP contribution in [0.5, 0.6) is 11.5 Å². The second kappa shape index (κ2) is 9.25. The van der Waals surface area contributed by atoms with Crippen LogP contribution in [0.15, 0.2) is 12.1 Å². The molecular formula is C18H24ClN3O3. The molecule has 1 aromatic rings. The van der Waals surface area contributed by atoms with Gasteiger partial charge in [0.2, 0.25) is 0 Å². The number of rotatable bonds is 7. The summed E-state index contributed by atoms with van der Waals surface area (Å²) in [6, 6.07) is 6.17. The molecule has 2 aliphatic rings. The molecule has 136 valence electrons. The van der Waals surface area contributed by atoms with Crippen molar-refractivity contribution in [2.75, 3.05) is 59.2 Å². The minimum absolute atomic E-state index is 0.515. The first-order valence-electron chi connectivity index (χ1n) is 8.73. The zero-order valence-electron chi connectivity index (χ0n) is 14.4. The molecule has 1 saturated heterocycles. The van der Waals surface area contributed by atoms with E-state index in [1.165, 1.54) is 0 Å². The molecular weight excluding hydrogens is 342 g/mol. The van der Waals surface area contributed by atoms with Crippen LogP contribution >= 0.6 is 11.6 Å². The lowest BCUT2D eigenvalue weighted by Gasteiger charge is -2.30. The Morgan fingerprint density at radius 1 is 1.12 bits per heavy atom. The van der Waals surface area contributed by atoms with Crippen molar-refractivity contribution in [2.45, 2.75) is 13.0 Å². The van der Waals surface area contributed by atoms with Gasteiger partial charge in [-0.2, -0.15) is 5.26 Å². The van der Waals surface area contributed by atoms with E-state index in [1.807, 2.05) is 12.1 Å². The molecule has 0 bridgehead atoms. The van der Waals surface area contributed by atoms with Gasteiger partial charge >= 0.3 is 0 Å². The van der Waals surface area contributed by atoms with Crippen molar-refractivity contribution in [3.05, 3.63) is 22.7 Å². The molecule has 0 amide bonds. The summed E-state index contributed by atoms with van der Waals surface area (Å²) in [5.74, 6) is 1.34. The summed E-state index contributed by atoms with van der Waals surface area (Å²) in [7, 11) is 0. The van der Waals surface area contributed by atoms with Crippen molar-refractivity contribution >= 4 is 11.6 Å². The summed E-state index contributed by atoms with van der Waals surface area (Å²) in [6.07, 6.45) is 0.515. The summed E-state index contributed by atoms with van der Waals surface area (Å²) in [4.78, 5) is 4.69. The Hall–Kier alpha value is -1.52. The van der Waals surface area contributed by atoms with Crippen LogP contribution in [0.4, 0.5) is 0 Å². The molecule has 0 unspecified atom stereocenters. The van der Waals surface area contributed by atoms with Crippen molar-refractivity contribution in [3.8, 4) is 17.6 Å². The minimum Gasteiger partial charge on any atom is -0.486 e. The van der Waals surface area contributed by atoms with E-state index >= 15 is 0 Å². The Labute approximate surface area is 153 Å². The van der Waals surface area contributed by atoms with E-state index in [0.29, 0.717) is 36.2 Å². The summed E-state index contributed by atoms with van der Waals surface area (Å²) in [5, 5.41) is 9.52. The molecule has 0 atom stereocenters. The van der Waals surface area contributed by atoms with E-state index in [0.717, 1.165) is 58.0 Å². The van der Waals surface area contributed by atoms with E-state index in [-0.39, 0.29) is 0 Å². The van der Waals surface area contributed by atoms with Gasteiger partial charge in [-0.05, 0) is 17.7 Å². The van der Waals surface area contributed by atoms with Gasteiger partial charge in [0.25, 0.3) is 0 Å². The van der Waals surface area contributed by atoms with Crippen LogP contribution in [-0.4, -0.2) is 69.0 Å². The van der Waals surface area contributed by atoms with Crippen LogP contribution in [0.2, 0.25) is 5.02 Å². The van der Waals surface area contributed by atoms with E-state index in [9.17, 15) is 0 Å². The van der Waals surface area contributed by atoms with Crippen molar-refractivity contribution in [1.82, 2.24) is 9.80 Å². The number of hydrogen-bond acceptors (Lipinski definition) is 6. The molecule has 0 spiro atoms. The highest BCUT2D eigenvalue weighted by molar-refractivity contribution is 6.32. The molecule has 0 saturated carbocycles. The maximum atomic E-state index is 8.94. The number of nitrogens with zero attached hydrogens (tertiary/aromatic N) is 3. The van der Waals surface area contributed by atoms with Gasteiger partial charge in [-0.1, -0.05) is 11.6 Å². The maximum Gasteiger partial charge on any atom is 0.179 e. The number of hydrogen-bond donors (Lipinski definition) is 0. The third-order valence-electron chi connectivity index (χ3n) is 4.44. The molecule has 7 heteroatoms. The van der Waals surface area contributed by atoms with E-state index in [1.54, 1.807) is 0 Å². The van der Waals surface area contributed by atoms with E-state index in [2.05, 4.69) is 15.9 Å².